The first kappa shape index (κ1) is 14.0. The number of hydrogen-bond donors (Lipinski definition) is 1. The second kappa shape index (κ2) is 6.66. The number of nitrogens with zero attached hydrogens (tertiary/aromatic N) is 1. The second-order valence-electron chi connectivity index (χ2n) is 4.68. The maximum Gasteiger partial charge on any atom is 0.0808 e. The van der Waals surface area contributed by atoms with Gasteiger partial charge in [-0.3, -0.25) is 0 Å². The van der Waals surface area contributed by atoms with Crippen LogP contribution in [-0.2, 0) is 0 Å². The Morgan fingerprint density at radius 3 is 2.52 bits per heavy atom. The minimum atomic E-state index is 0.0994. The molecular formula is C18H17NOS. The van der Waals surface area contributed by atoms with Crippen LogP contribution in [0.4, 0.5) is 0 Å². The second-order valence-corrected chi connectivity index (χ2v) is 5.72. The quantitative estimate of drug-likeness (QED) is 0.561. The third kappa shape index (κ3) is 3.04. The van der Waals surface area contributed by atoms with Crippen molar-refractivity contribution >= 4 is 22.7 Å². The van der Waals surface area contributed by atoms with Crippen molar-refractivity contribution in [2.75, 3.05) is 12.4 Å². The third-order valence-electron chi connectivity index (χ3n) is 3.29. The number of aliphatic hydroxyl groups is 1. The molecule has 0 aliphatic carbocycles. The van der Waals surface area contributed by atoms with Crippen LogP contribution in [0.25, 0.3) is 16.6 Å². The summed E-state index contributed by atoms with van der Waals surface area (Å²) in [6.45, 7) is 0.0994. The van der Waals surface area contributed by atoms with Gasteiger partial charge in [-0.2, -0.15) is 0 Å². The summed E-state index contributed by atoms with van der Waals surface area (Å²) in [5.41, 5.74) is 2.39. The van der Waals surface area contributed by atoms with E-state index in [1.54, 1.807) is 17.8 Å². The average molecular weight is 295 g/mol. The normalized spacial score (nSPS) is 11.5. The summed E-state index contributed by atoms with van der Waals surface area (Å²) < 4.78 is 2.28. The molecule has 0 fully saturated rings. The van der Waals surface area contributed by atoms with Gasteiger partial charge >= 0.3 is 0 Å². The zero-order chi connectivity index (χ0) is 14.5. The van der Waals surface area contributed by atoms with Gasteiger partial charge in [-0.1, -0.05) is 48.6 Å². The van der Waals surface area contributed by atoms with Crippen molar-refractivity contribution in [3.63, 3.8) is 0 Å². The summed E-state index contributed by atoms with van der Waals surface area (Å²) in [5.74, 6) is 0.851. The molecule has 0 atom stereocenters. The molecule has 0 amide bonds. The number of rotatable bonds is 5. The van der Waals surface area contributed by atoms with Crippen molar-refractivity contribution < 1.29 is 5.11 Å². The van der Waals surface area contributed by atoms with Crippen molar-refractivity contribution in [1.82, 2.24) is 4.57 Å². The maximum absolute atomic E-state index is 8.81. The molecule has 0 aliphatic rings. The van der Waals surface area contributed by atoms with Gasteiger partial charge in [-0.15, -0.1) is 11.8 Å². The molecule has 3 heteroatoms. The average Bonchev–Trinajstić information content (AvgIpc) is 2.90. The van der Waals surface area contributed by atoms with Gasteiger partial charge in [0.2, 0.25) is 0 Å². The summed E-state index contributed by atoms with van der Waals surface area (Å²) >= 11 is 1.77. The van der Waals surface area contributed by atoms with Crippen LogP contribution in [-0.4, -0.2) is 22.0 Å². The number of para-hydroxylation sites is 2. The lowest BCUT2D eigenvalue weighted by atomic mass is 10.2. The topological polar surface area (TPSA) is 25.2 Å². The van der Waals surface area contributed by atoms with Crippen molar-refractivity contribution in [2.45, 2.75) is 5.03 Å². The summed E-state index contributed by atoms with van der Waals surface area (Å²) in [5, 5.41) is 11.3. The number of hydrogen-bond acceptors (Lipinski definition) is 2. The van der Waals surface area contributed by atoms with Gasteiger partial charge < -0.3 is 9.67 Å². The molecule has 1 N–H and O–H groups in total. The first-order valence-corrected chi connectivity index (χ1v) is 7.93. The Morgan fingerprint density at radius 1 is 0.952 bits per heavy atom. The molecule has 21 heavy (non-hydrogen) atoms. The molecule has 2 aromatic carbocycles. The molecule has 1 heterocycles. The smallest absolute Gasteiger partial charge is 0.0808 e. The van der Waals surface area contributed by atoms with E-state index in [-0.39, 0.29) is 6.61 Å². The number of aliphatic hydroxyl groups excluding tert-OH is 1. The van der Waals surface area contributed by atoms with E-state index in [1.165, 1.54) is 21.6 Å². The summed E-state index contributed by atoms with van der Waals surface area (Å²) in [7, 11) is 0. The molecule has 106 valence electrons. The van der Waals surface area contributed by atoms with Crippen molar-refractivity contribution in [3.05, 3.63) is 72.8 Å². The molecule has 0 spiro atoms. The summed E-state index contributed by atoms with van der Waals surface area (Å²) in [6.07, 6.45) is 3.78. The minimum absolute atomic E-state index is 0.0994. The zero-order valence-corrected chi connectivity index (χ0v) is 12.5. The van der Waals surface area contributed by atoms with Crippen LogP contribution in [0.15, 0.2) is 77.8 Å². The Balaban J connectivity index is 2.04. The van der Waals surface area contributed by atoms with Crippen LogP contribution in [0.2, 0.25) is 0 Å². The standard InChI is InChI=1S/C18H17NOS/c20-12-6-7-13-21-18-14-15-8-4-5-11-17(15)19(18)16-9-2-1-3-10-16/h1-11,14,20H,12-13H2/b7-6+. The molecule has 0 unspecified atom stereocenters. The Morgan fingerprint density at radius 2 is 1.71 bits per heavy atom. The number of aromatic nitrogens is 1. The van der Waals surface area contributed by atoms with Crippen LogP contribution in [0.3, 0.4) is 0 Å². The number of benzene rings is 2. The molecule has 0 radical (unpaired) electrons. The first-order chi connectivity index (χ1) is 10.4. The number of thioether (sulfide) groups is 1. The van der Waals surface area contributed by atoms with Crippen LogP contribution in [0, 0.1) is 0 Å². The SMILES string of the molecule is OC/C=C/CSc1cc2ccccc2n1-c1ccccc1. The van der Waals surface area contributed by atoms with Crippen LogP contribution < -0.4 is 0 Å². The highest BCUT2D eigenvalue weighted by atomic mass is 32.2. The highest BCUT2D eigenvalue weighted by molar-refractivity contribution is 7.99. The van der Waals surface area contributed by atoms with Crippen LogP contribution >= 0.6 is 11.8 Å². The van der Waals surface area contributed by atoms with E-state index in [0.717, 1.165) is 5.75 Å². The fraction of sp³-hybridized carbons (Fsp3) is 0.111. The molecule has 0 saturated heterocycles. The van der Waals surface area contributed by atoms with Gasteiger partial charge in [0.05, 0.1) is 17.1 Å². The Labute approximate surface area is 128 Å². The molecule has 0 aliphatic heterocycles. The van der Waals surface area contributed by atoms with E-state index in [0.29, 0.717) is 0 Å². The predicted molar refractivity (Wildman–Crippen MR) is 90.2 cm³/mol. The largest absolute Gasteiger partial charge is 0.392 e. The molecule has 3 aromatic rings. The maximum atomic E-state index is 8.81. The van der Waals surface area contributed by atoms with Crippen LogP contribution in [0.1, 0.15) is 0 Å². The highest BCUT2D eigenvalue weighted by Gasteiger charge is 2.09. The van der Waals surface area contributed by atoms with Gasteiger partial charge in [0.25, 0.3) is 0 Å². The first-order valence-electron chi connectivity index (χ1n) is 6.95. The number of fused-ring (bicyclic) bond motifs is 1. The highest BCUT2D eigenvalue weighted by Crippen LogP contribution is 2.30. The van der Waals surface area contributed by atoms with E-state index in [4.69, 9.17) is 5.11 Å². The van der Waals surface area contributed by atoms with Gasteiger partial charge in [-0.05, 0) is 24.3 Å². The van der Waals surface area contributed by atoms with Crippen molar-refractivity contribution in [3.8, 4) is 5.69 Å². The minimum Gasteiger partial charge on any atom is -0.392 e. The molecule has 2 nitrogen and oxygen atoms in total. The molecule has 1 aromatic heterocycles. The zero-order valence-electron chi connectivity index (χ0n) is 11.6. The third-order valence-corrected chi connectivity index (χ3v) is 4.25. The van der Waals surface area contributed by atoms with Gasteiger partial charge in [0.1, 0.15) is 0 Å². The Bertz CT molecular complexity index is 746. The van der Waals surface area contributed by atoms with E-state index in [2.05, 4.69) is 59.2 Å². The van der Waals surface area contributed by atoms with Gasteiger partial charge in [0.15, 0.2) is 0 Å². The Kier molecular flexibility index (Phi) is 4.43. The monoisotopic (exact) mass is 295 g/mol. The fourth-order valence-corrected chi connectivity index (χ4v) is 3.30. The van der Waals surface area contributed by atoms with Crippen molar-refractivity contribution in [1.29, 1.82) is 0 Å². The van der Waals surface area contributed by atoms with E-state index in [9.17, 15) is 0 Å². The van der Waals surface area contributed by atoms with E-state index < -0.39 is 0 Å². The Hall–Kier alpha value is -1.97. The molecule has 0 bridgehead atoms. The molecule has 0 saturated carbocycles. The summed E-state index contributed by atoms with van der Waals surface area (Å²) in [6, 6.07) is 21.1. The lowest BCUT2D eigenvalue weighted by Crippen LogP contribution is -1.95. The fourth-order valence-electron chi connectivity index (χ4n) is 2.36. The van der Waals surface area contributed by atoms with E-state index in [1.807, 2.05) is 12.1 Å². The van der Waals surface area contributed by atoms with Crippen LogP contribution in [0.5, 0.6) is 0 Å². The van der Waals surface area contributed by atoms with E-state index >= 15 is 0 Å². The summed E-state index contributed by atoms with van der Waals surface area (Å²) in [4.78, 5) is 0. The lowest BCUT2D eigenvalue weighted by molar-refractivity contribution is 0.342. The van der Waals surface area contributed by atoms with Gasteiger partial charge in [0, 0.05) is 16.8 Å². The lowest BCUT2D eigenvalue weighted by Gasteiger charge is -2.09. The van der Waals surface area contributed by atoms with Crippen molar-refractivity contribution in [2.24, 2.45) is 0 Å². The molecular weight excluding hydrogens is 278 g/mol. The molecule has 3 rings (SSSR count). The van der Waals surface area contributed by atoms with Gasteiger partial charge in [-0.25, -0.2) is 0 Å². The predicted octanol–water partition coefficient (Wildman–Crippen LogP) is 4.27.